The Morgan fingerprint density at radius 1 is 1.31 bits per heavy atom. The molecule has 13 heavy (non-hydrogen) atoms. The number of hydrogen-bond donors (Lipinski definition) is 1. The molecule has 0 heterocycles. The summed E-state index contributed by atoms with van der Waals surface area (Å²) in [5, 5.41) is 0. The average Bonchev–Trinajstić information content (AvgIpc) is 2.12. The van der Waals surface area contributed by atoms with Crippen molar-refractivity contribution in [3.05, 3.63) is 0 Å². The Morgan fingerprint density at radius 2 is 1.92 bits per heavy atom. The molecule has 0 bridgehead atoms. The zero-order valence-corrected chi connectivity index (χ0v) is 9.15. The first-order valence-electron chi connectivity index (χ1n) is 5.09. The summed E-state index contributed by atoms with van der Waals surface area (Å²) in [6.07, 6.45) is 1.71. The maximum Gasteiger partial charge on any atom is 0.0906 e. The number of alkyl halides is 1. The Kier molecular flexibility index (Phi) is 6.25. The predicted octanol–water partition coefficient (Wildman–Crippen LogP) is 1.80. The molecule has 0 saturated carbocycles. The monoisotopic (exact) mass is 190 g/mol. The first-order valence-corrected chi connectivity index (χ1v) is 5.09. The molecule has 0 spiro atoms. The predicted molar refractivity (Wildman–Crippen MR) is 55.6 cm³/mol. The summed E-state index contributed by atoms with van der Waals surface area (Å²) in [6.45, 7) is 8.57. The van der Waals surface area contributed by atoms with E-state index in [9.17, 15) is 4.39 Å². The average molecular weight is 190 g/mol. The van der Waals surface area contributed by atoms with E-state index < -0.39 is 0 Å². The van der Waals surface area contributed by atoms with Crippen LogP contribution in [-0.2, 0) is 0 Å². The van der Waals surface area contributed by atoms with Crippen LogP contribution in [0.25, 0.3) is 0 Å². The van der Waals surface area contributed by atoms with Crippen molar-refractivity contribution in [2.75, 3.05) is 26.3 Å². The van der Waals surface area contributed by atoms with Crippen molar-refractivity contribution < 1.29 is 4.39 Å². The minimum absolute atomic E-state index is 0.00514. The van der Waals surface area contributed by atoms with Crippen molar-refractivity contribution in [2.45, 2.75) is 39.2 Å². The van der Waals surface area contributed by atoms with Gasteiger partial charge in [0, 0.05) is 18.6 Å². The number of halogens is 1. The third kappa shape index (κ3) is 4.58. The Labute approximate surface area is 81.3 Å². The number of nitrogens with zero attached hydrogens (tertiary/aromatic N) is 1. The first kappa shape index (κ1) is 12.8. The lowest BCUT2D eigenvalue weighted by atomic mass is 10.0. The van der Waals surface area contributed by atoms with Crippen LogP contribution in [0.1, 0.15) is 33.6 Å². The lowest BCUT2D eigenvalue weighted by molar-refractivity contribution is 0.122. The molecule has 0 unspecified atom stereocenters. The van der Waals surface area contributed by atoms with Gasteiger partial charge in [0.2, 0.25) is 0 Å². The largest absolute Gasteiger partial charge is 0.329 e. The second kappa shape index (κ2) is 6.33. The Bertz CT molecular complexity index is 126. The molecule has 0 aliphatic heterocycles. The Morgan fingerprint density at radius 3 is 2.31 bits per heavy atom. The fourth-order valence-corrected chi connectivity index (χ4v) is 1.37. The standard InChI is InChI=1S/C10H23FN2/c1-4-7-13(8-5-6-11)10(2,3)9-12/h4-9,12H2,1-3H3. The van der Waals surface area contributed by atoms with Crippen molar-refractivity contribution in [1.29, 1.82) is 0 Å². The zero-order chi connectivity index (χ0) is 10.3. The summed E-state index contributed by atoms with van der Waals surface area (Å²) < 4.78 is 12.0. The second-order valence-electron chi connectivity index (χ2n) is 4.05. The van der Waals surface area contributed by atoms with Crippen molar-refractivity contribution >= 4 is 0 Å². The van der Waals surface area contributed by atoms with Crippen LogP contribution in [0.3, 0.4) is 0 Å². The van der Waals surface area contributed by atoms with E-state index in [-0.39, 0.29) is 12.2 Å². The van der Waals surface area contributed by atoms with Crippen LogP contribution in [0.4, 0.5) is 4.39 Å². The molecule has 0 radical (unpaired) electrons. The maximum absolute atomic E-state index is 12.0. The van der Waals surface area contributed by atoms with Crippen molar-refractivity contribution in [2.24, 2.45) is 5.73 Å². The number of nitrogens with two attached hydrogens (primary N) is 1. The van der Waals surface area contributed by atoms with Crippen LogP contribution in [0.2, 0.25) is 0 Å². The summed E-state index contributed by atoms with van der Waals surface area (Å²) in [6, 6.07) is 0. The topological polar surface area (TPSA) is 29.3 Å². The number of hydrogen-bond acceptors (Lipinski definition) is 2. The lowest BCUT2D eigenvalue weighted by Crippen LogP contribution is -2.50. The van der Waals surface area contributed by atoms with E-state index in [1.165, 1.54) is 0 Å². The molecule has 0 fully saturated rings. The Hall–Kier alpha value is -0.150. The summed E-state index contributed by atoms with van der Waals surface area (Å²) >= 11 is 0. The fourth-order valence-electron chi connectivity index (χ4n) is 1.37. The van der Waals surface area contributed by atoms with Crippen LogP contribution in [0.15, 0.2) is 0 Å². The van der Waals surface area contributed by atoms with Gasteiger partial charge in [-0.05, 0) is 33.2 Å². The van der Waals surface area contributed by atoms with Gasteiger partial charge in [-0.3, -0.25) is 9.29 Å². The van der Waals surface area contributed by atoms with Crippen molar-refractivity contribution in [3.63, 3.8) is 0 Å². The summed E-state index contributed by atoms with van der Waals surface area (Å²) in [4.78, 5) is 2.27. The van der Waals surface area contributed by atoms with Gasteiger partial charge in [-0.2, -0.15) is 0 Å². The molecule has 2 nitrogen and oxygen atoms in total. The molecule has 3 heteroatoms. The summed E-state index contributed by atoms with van der Waals surface area (Å²) in [5.74, 6) is 0. The smallest absolute Gasteiger partial charge is 0.0906 e. The van der Waals surface area contributed by atoms with E-state index >= 15 is 0 Å². The quantitative estimate of drug-likeness (QED) is 0.663. The zero-order valence-electron chi connectivity index (χ0n) is 9.15. The van der Waals surface area contributed by atoms with Crippen LogP contribution in [0, 0.1) is 0 Å². The first-order chi connectivity index (χ1) is 6.08. The van der Waals surface area contributed by atoms with Gasteiger partial charge in [0.1, 0.15) is 0 Å². The molecule has 0 aromatic rings. The minimum Gasteiger partial charge on any atom is -0.329 e. The molecule has 0 rings (SSSR count). The van der Waals surface area contributed by atoms with Crippen LogP contribution in [-0.4, -0.2) is 36.7 Å². The van der Waals surface area contributed by atoms with Gasteiger partial charge < -0.3 is 5.73 Å². The highest BCUT2D eigenvalue weighted by molar-refractivity contribution is 4.81. The van der Waals surface area contributed by atoms with Gasteiger partial charge in [-0.1, -0.05) is 6.92 Å². The van der Waals surface area contributed by atoms with Gasteiger partial charge in [0.25, 0.3) is 0 Å². The van der Waals surface area contributed by atoms with Crippen molar-refractivity contribution in [1.82, 2.24) is 4.90 Å². The molecule has 0 aromatic carbocycles. The number of rotatable bonds is 7. The molecule has 2 N–H and O–H groups in total. The highest BCUT2D eigenvalue weighted by atomic mass is 19.1. The molecule has 0 aliphatic carbocycles. The SMILES string of the molecule is CCCN(CCCF)C(C)(C)CN. The van der Waals surface area contributed by atoms with E-state index in [0.717, 1.165) is 19.5 Å². The normalized spacial score (nSPS) is 12.5. The van der Waals surface area contributed by atoms with Gasteiger partial charge in [0.05, 0.1) is 6.67 Å². The summed E-state index contributed by atoms with van der Waals surface area (Å²) in [7, 11) is 0. The molecule has 0 aromatic heterocycles. The van der Waals surface area contributed by atoms with Crippen LogP contribution in [0.5, 0.6) is 0 Å². The summed E-state index contributed by atoms with van der Waals surface area (Å²) in [5.41, 5.74) is 5.68. The molecule has 0 atom stereocenters. The molecule has 0 aliphatic rings. The van der Waals surface area contributed by atoms with Crippen LogP contribution < -0.4 is 5.73 Å². The van der Waals surface area contributed by atoms with E-state index in [1.807, 2.05) is 0 Å². The lowest BCUT2D eigenvalue weighted by Gasteiger charge is -2.37. The Balaban J connectivity index is 4.05. The highest BCUT2D eigenvalue weighted by Gasteiger charge is 2.23. The second-order valence-corrected chi connectivity index (χ2v) is 4.05. The molecule has 0 saturated heterocycles. The van der Waals surface area contributed by atoms with Gasteiger partial charge in [-0.25, -0.2) is 0 Å². The van der Waals surface area contributed by atoms with Gasteiger partial charge >= 0.3 is 0 Å². The van der Waals surface area contributed by atoms with Crippen molar-refractivity contribution in [3.8, 4) is 0 Å². The molecule has 0 amide bonds. The van der Waals surface area contributed by atoms with E-state index in [0.29, 0.717) is 13.0 Å². The third-order valence-electron chi connectivity index (χ3n) is 2.41. The highest BCUT2D eigenvalue weighted by Crippen LogP contribution is 2.13. The fraction of sp³-hybridized carbons (Fsp3) is 1.00. The minimum atomic E-state index is -0.235. The van der Waals surface area contributed by atoms with Crippen LogP contribution >= 0.6 is 0 Å². The third-order valence-corrected chi connectivity index (χ3v) is 2.41. The molecular weight excluding hydrogens is 167 g/mol. The van der Waals surface area contributed by atoms with E-state index in [4.69, 9.17) is 5.73 Å². The molecule has 80 valence electrons. The maximum atomic E-state index is 12.0. The van der Waals surface area contributed by atoms with Gasteiger partial charge in [-0.15, -0.1) is 0 Å². The van der Waals surface area contributed by atoms with Gasteiger partial charge in [0.15, 0.2) is 0 Å². The van der Waals surface area contributed by atoms with E-state index in [1.54, 1.807) is 0 Å². The van der Waals surface area contributed by atoms with E-state index in [2.05, 4.69) is 25.7 Å². The molecular formula is C10H23FN2.